The van der Waals surface area contributed by atoms with Gasteiger partial charge < -0.3 is 15.6 Å². The van der Waals surface area contributed by atoms with Gasteiger partial charge in [-0.3, -0.25) is 4.79 Å². The van der Waals surface area contributed by atoms with E-state index in [9.17, 15) is 4.79 Å². The molecular weight excluding hydrogens is 439 g/mol. The predicted molar refractivity (Wildman–Crippen MR) is 123 cm³/mol. The number of nitrogens with one attached hydrogen (secondary N) is 2. The Morgan fingerprint density at radius 3 is 2.73 bits per heavy atom. The van der Waals surface area contributed by atoms with Crippen molar-refractivity contribution < 1.29 is 4.79 Å². The van der Waals surface area contributed by atoms with E-state index < -0.39 is 5.91 Å². The van der Waals surface area contributed by atoms with Crippen molar-refractivity contribution in [3.8, 4) is 10.6 Å². The zero-order chi connectivity index (χ0) is 21.1. The summed E-state index contributed by atoms with van der Waals surface area (Å²) < 4.78 is 0. The number of allylic oxidation sites excluding steroid dienone is 1. The first kappa shape index (κ1) is 20.6. The van der Waals surface area contributed by atoms with Gasteiger partial charge in [0.2, 0.25) is 0 Å². The van der Waals surface area contributed by atoms with Crippen molar-refractivity contribution >= 4 is 52.3 Å². The zero-order valence-corrected chi connectivity index (χ0v) is 18.2. The van der Waals surface area contributed by atoms with Gasteiger partial charge in [-0.2, -0.15) is 0 Å². The monoisotopic (exact) mass is 456 g/mol. The molecule has 0 fully saturated rings. The highest BCUT2D eigenvalue weighted by Crippen LogP contribution is 2.33. The van der Waals surface area contributed by atoms with Crippen molar-refractivity contribution in [2.45, 2.75) is 13.0 Å². The number of halogens is 2. The minimum atomic E-state index is -0.475. The highest BCUT2D eigenvalue weighted by Gasteiger charge is 2.25. The van der Waals surface area contributed by atoms with E-state index >= 15 is 0 Å². The lowest BCUT2D eigenvalue weighted by Gasteiger charge is -2.29. The number of nitrogens with zero attached hydrogens (tertiary/aromatic N) is 2. The third-order valence-corrected chi connectivity index (χ3v) is 6.47. The first-order valence-corrected chi connectivity index (χ1v) is 10.9. The molecule has 30 heavy (non-hydrogen) atoms. The molecule has 2 aromatic carbocycles. The van der Waals surface area contributed by atoms with Crippen molar-refractivity contribution in [2.24, 2.45) is 0 Å². The SMILES string of the molecule is N=C/C(=C(/Cl)C(=O)Nc1cccc(Cl)c1)N1CCc2nc(-c3ccccc3)sc2C1. The summed E-state index contributed by atoms with van der Waals surface area (Å²) in [5, 5.41) is 12.0. The average molecular weight is 457 g/mol. The molecule has 1 aromatic heterocycles. The topological polar surface area (TPSA) is 69.1 Å². The Kier molecular flexibility index (Phi) is 6.18. The molecule has 0 atom stereocenters. The Labute approximate surface area is 188 Å². The number of amides is 1. The highest BCUT2D eigenvalue weighted by molar-refractivity contribution is 7.15. The van der Waals surface area contributed by atoms with E-state index in [-0.39, 0.29) is 5.03 Å². The Morgan fingerprint density at radius 1 is 1.20 bits per heavy atom. The van der Waals surface area contributed by atoms with Crippen LogP contribution in [0, 0.1) is 5.41 Å². The molecular formula is C22H18Cl2N4OS. The lowest BCUT2D eigenvalue weighted by atomic mass is 10.1. The maximum absolute atomic E-state index is 12.6. The maximum atomic E-state index is 12.6. The third kappa shape index (κ3) is 4.41. The van der Waals surface area contributed by atoms with Crippen LogP contribution in [0.1, 0.15) is 10.6 Å². The van der Waals surface area contributed by atoms with Gasteiger partial charge in [-0.05, 0) is 18.2 Å². The Morgan fingerprint density at radius 2 is 2.00 bits per heavy atom. The standard InChI is InChI=1S/C22H18Cl2N4OS/c23-15-7-4-8-16(11-15)26-21(29)20(24)18(12-25)28-10-9-17-19(13-28)30-22(27-17)14-5-2-1-3-6-14/h1-8,11-12,25H,9-10,13H2,(H,26,29)/b20-18-,25-12?. The second-order valence-corrected chi connectivity index (χ2v) is 8.63. The van der Waals surface area contributed by atoms with E-state index in [1.807, 2.05) is 35.2 Å². The summed E-state index contributed by atoms with van der Waals surface area (Å²) in [7, 11) is 0. The highest BCUT2D eigenvalue weighted by atomic mass is 35.5. The second-order valence-electron chi connectivity index (χ2n) is 6.73. The number of rotatable bonds is 5. The number of anilines is 1. The minimum absolute atomic E-state index is 0.0266. The fourth-order valence-corrected chi connectivity index (χ4v) is 4.81. The summed E-state index contributed by atoms with van der Waals surface area (Å²) in [5.74, 6) is -0.475. The number of benzene rings is 2. The van der Waals surface area contributed by atoms with Gasteiger partial charge >= 0.3 is 0 Å². The molecule has 4 rings (SSSR count). The van der Waals surface area contributed by atoms with Crippen molar-refractivity contribution in [3.05, 3.63) is 80.9 Å². The molecule has 5 nitrogen and oxygen atoms in total. The van der Waals surface area contributed by atoms with Gasteiger partial charge in [-0.15, -0.1) is 11.3 Å². The van der Waals surface area contributed by atoms with Crippen molar-refractivity contribution in [2.75, 3.05) is 11.9 Å². The van der Waals surface area contributed by atoms with Crippen molar-refractivity contribution in [1.82, 2.24) is 9.88 Å². The smallest absolute Gasteiger partial charge is 0.269 e. The molecule has 2 N–H and O–H groups in total. The van der Waals surface area contributed by atoms with Gasteiger partial charge in [-0.25, -0.2) is 4.98 Å². The van der Waals surface area contributed by atoms with E-state index in [1.54, 1.807) is 35.6 Å². The summed E-state index contributed by atoms with van der Waals surface area (Å²) >= 11 is 14.0. The Balaban J connectivity index is 1.54. The largest absolute Gasteiger partial charge is 0.363 e. The number of thiazole rings is 1. The van der Waals surface area contributed by atoms with Gasteiger partial charge in [0, 0.05) is 40.3 Å². The molecule has 0 saturated heterocycles. The molecule has 0 bridgehead atoms. The molecule has 3 aromatic rings. The Bertz CT molecular complexity index is 1130. The quantitative estimate of drug-likeness (QED) is 0.389. The first-order chi connectivity index (χ1) is 14.5. The van der Waals surface area contributed by atoms with Crippen LogP contribution in [0.2, 0.25) is 5.02 Å². The number of aromatic nitrogens is 1. The van der Waals surface area contributed by atoms with Gasteiger partial charge in [0.1, 0.15) is 10.0 Å². The third-order valence-electron chi connectivity index (χ3n) is 4.74. The molecule has 0 aliphatic carbocycles. The number of hydrogen-bond acceptors (Lipinski definition) is 5. The van der Waals surface area contributed by atoms with Crippen LogP contribution in [-0.4, -0.2) is 28.6 Å². The van der Waals surface area contributed by atoms with Crippen molar-refractivity contribution in [1.29, 1.82) is 5.41 Å². The second kappa shape index (κ2) is 9.00. The fourth-order valence-electron chi connectivity index (χ4n) is 3.27. The molecule has 0 saturated carbocycles. The van der Waals surface area contributed by atoms with E-state index in [0.717, 1.165) is 33.8 Å². The van der Waals surface area contributed by atoms with Crippen LogP contribution >= 0.6 is 34.5 Å². The predicted octanol–water partition coefficient (Wildman–Crippen LogP) is 5.56. The normalized spacial score (nSPS) is 14.0. The number of hydrogen-bond donors (Lipinski definition) is 2. The Hall–Kier alpha value is -2.67. The minimum Gasteiger partial charge on any atom is -0.363 e. The van der Waals surface area contributed by atoms with Crippen LogP contribution < -0.4 is 5.32 Å². The zero-order valence-electron chi connectivity index (χ0n) is 15.9. The van der Waals surface area contributed by atoms with Crippen molar-refractivity contribution in [3.63, 3.8) is 0 Å². The van der Waals surface area contributed by atoms with Gasteiger partial charge in [0.25, 0.3) is 5.91 Å². The number of fused-ring (bicyclic) bond motifs is 1. The lowest BCUT2D eigenvalue weighted by Crippen LogP contribution is -2.32. The van der Waals surface area contributed by atoms with Crippen LogP contribution in [0.5, 0.6) is 0 Å². The van der Waals surface area contributed by atoms with Crippen LogP contribution in [0.3, 0.4) is 0 Å². The molecule has 0 radical (unpaired) electrons. The summed E-state index contributed by atoms with van der Waals surface area (Å²) in [4.78, 5) is 20.5. The molecule has 1 amide bonds. The first-order valence-electron chi connectivity index (χ1n) is 9.31. The summed E-state index contributed by atoms with van der Waals surface area (Å²) in [6.07, 6.45) is 1.86. The summed E-state index contributed by atoms with van der Waals surface area (Å²) in [6, 6.07) is 16.9. The van der Waals surface area contributed by atoms with E-state index in [0.29, 0.717) is 29.5 Å². The summed E-state index contributed by atoms with van der Waals surface area (Å²) in [6.45, 7) is 1.20. The van der Waals surface area contributed by atoms with Gasteiger partial charge in [0.15, 0.2) is 0 Å². The number of carbonyl (C=O) groups is 1. The molecule has 1 aliphatic heterocycles. The molecule has 8 heteroatoms. The van der Waals surface area contributed by atoms with Crippen LogP contribution in [0.25, 0.3) is 10.6 Å². The van der Waals surface area contributed by atoms with E-state index in [4.69, 9.17) is 33.6 Å². The number of carbonyl (C=O) groups excluding carboxylic acids is 1. The lowest BCUT2D eigenvalue weighted by molar-refractivity contribution is -0.112. The van der Waals surface area contributed by atoms with Crippen LogP contribution in [0.15, 0.2) is 65.3 Å². The average Bonchev–Trinajstić information content (AvgIpc) is 3.18. The van der Waals surface area contributed by atoms with Gasteiger partial charge in [0.05, 0.1) is 17.9 Å². The fraction of sp³-hybridized carbons (Fsp3) is 0.136. The maximum Gasteiger partial charge on any atom is 0.269 e. The molecule has 1 aliphatic rings. The molecule has 152 valence electrons. The van der Waals surface area contributed by atoms with E-state index in [2.05, 4.69) is 5.32 Å². The molecule has 0 spiro atoms. The van der Waals surface area contributed by atoms with Crippen LogP contribution in [0.4, 0.5) is 5.69 Å². The molecule has 2 heterocycles. The summed E-state index contributed by atoms with van der Waals surface area (Å²) in [5.41, 5.74) is 3.09. The van der Waals surface area contributed by atoms with Gasteiger partial charge in [-0.1, -0.05) is 59.6 Å². The van der Waals surface area contributed by atoms with E-state index in [1.165, 1.54) is 0 Å². The van der Waals surface area contributed by atoms with Crippen LogP contribution in [-0.2, 0) is 17.8 Å². The molecule has 0 unspecified atom stereocenters.